The highest BCUT2D eigenvalue weighted by Gasteiger charge is 2.38. The van der Waals surface area contributed by atoms with Crippen LogP contribution < -0.4 is 0 Å². The Morgan fingerprint density at radius 2 is 0.953 bits per heavy atom. The molecular weight excluding hydrogens is 536 g/mol. The summed E-state index contributed by atoms with van der Waals surface area (Å²) in [6, 6.07) is 9.63. The Morgan fingerprint density at radius 1 is 0.535 bits per heavy atom. The van der Waals surface area contributed by atoms with Crippen molar-refractivity contribution in [3.63, 3.8) is 0 Å². The monoisotopic (exact) mass is 586 g/mol. The molecule has 0 spiro atoms. The number of fused-ring (bicyclic) bond motifs is 1. The average molecular weight is 587 g/mol. The SMILES string of the molecule is O=C(O)c1ccc2c(C(=O)N(C3CCCCC3)C3CCCCC3)c(C(=O)N(C3CCCCC3)C3CCCCC3)ccc2c1. The number of aromatic carboxylic acids is 1. The molecule has 4 aliphatic carbocycles. The van der Waals surface area contributed by atoms with Gasteiger partial charge in [0.2, 0.25) is 0 Å². The molecule has 6 heteroatoms. The van der Waals surface area contributed by atoms with E-state index in [1.807, 2.05) is 12.1 Å². The van der Waals surface area contributed by atoms with Crippen LogP contribution in [0.1, 0.15) is 159 Å². The molecule has 4 fully saturated rings. The molecule has 0 bridgehead atoms. The Kier molecular flexibility index (Phi) is 9.69. The molecule has 2 aromatic rings. The van der Waals surface area contributed by atoms with Gasteiger partial charge in [0, 0.05) is 24.2 Å². The molecule has 0 aliphatic heterocycles. The van der Waals surface area contributed by atoms with Crippen LogP contribution in [0.4, 0.5) is 0 Å². The van der Waals surface area contributed by atoms with Crippen molar-refractivity contribution in [2.45, 2.75) is 153 Å². The highest BCUT2D eigenvalue weighted by atomic mass is 16.4. The summed E-state index contributed by atoms with van der Waals surface area (Å²) in [5, 5.41) is 11.1. The van der Waals surface area contributed by atoms with Crippen LogP contribution in [0, 0.1) is 0 Å². The summed E-state index contributed by atoms with van der Waals surface area (Å²) in [5.74, 6) is -0.983. The van der Waals surface area contributed by atoms with Crippen LogP contribution in [0.25, 0.3) is 10.8 Å². The van der Waals surface area contributed by atoms with E-state index >= 15 is 4.79 Å². The summed E-state index contributed by atoms with van der Waals surface area (Å²) < 4.78 is 0. The molecule has 43 heavy (non-hydrogen) atoms. The number of benzene rings is 2. The lowest BCUT2D eigenvalue weighted by Gasteiger charge is -2.43. The summed E-state index contributed by atoms with van der Waals surface area (Å²) in [5.41, 5.74) is 1.23. The van der Waals surface area contributed by atoms with E-state index in [-0.39, 0.29) is 41.5 Å². The largest absolute Gasteiger partial charge is 0.478 e. The van der Waals surface area contributed by atoms with E-state index in [1.54, 1.807) is 18.2 Å². The number of carboxylic acid groups (broad SMARTS) is 1. The number of carbonyl (C=O) groups excluding carboxylic acids is 2. The third-order valence-corrected chi connectivity index (χ3v) is 11.1. The Labute approximate surface area is 257 Å². The van der Waals surface area contributed by atoms with Crippen molar-refractivity contribution >= 4 is 28.6 Å². The number of carbonyl (C=O) groups is 3. The first-order valence-corrected chi connectivity index (χ1v) is 17.5. The van der Waals surface area contributed by atoms with Gasteiger partial charge in [-0.25, -0.2) is 4.79 Å². The second-order valence-electron chi connectivity index (χ2n) is 13.8. The van der Waals surface area contributed by atoms with Crippen LogP contribution in [0.15, 0.2) is 30.3 Å². The summed E-state index contributed by atoms with van der Waals surface area (Å²) >= 11 is 0. The van der Waals surface area contributed by atoms with Gasteiger partial charge in [-0.2, -0.15) is 0 Å². The number of hydrogen-bond donors (Lipinski definition) is 1. The number of rotatable bonds is 7. The molecule has 0 aromatic heterocycles. The smallest absolute Gasteiger partial charge is 0.335 e. The fourth-order valence-electron chi connectivity index (χ4n) is 8.84. The van der Waals surface area contributed by atoms with Crippen molar-refractivity contribution in [1.82, 2.24) is 9.80 Å². The van der Waals surface area contributed by atoms with Crippen molar-refractivity contribution in [3.05, 3.63) is 47.0 Å². The van der Waals surface area contributed by atoms with Crippen LogP contribution in [-0.4, -0.2) is 56.9 Å². The van der Waals surface area contributed by atoms with Crippen LogP contribution in [0.3, 0.4) is 0 Å². The van der Waals surface area contributed by atoms with E-state index in [0.29, 0.717) is 21.9 Å². The fraction of sp³-hybridized carbons (Fsp3) is 0.649. The molecule has 2 aromatic carbocycles. The Balaban J connectivity index is 1.48. The van der Waals surface area contributed by atoms with Gasteiger partial charge < -0.3 is 14.9 Å². The van der Waals surface area contributed by atoms with Crippen LogP contribution >= 0.6 is 0 Å². The van der Waals surface area contributed by atoms with E-state index in [1.165, 1.54) is 25.7 Å². The molecule has 0 unspecified atom stereocenters. The van der Waals surface area contributed by atoms with Crippen molar-refractivity contribution < 1.29 is 19.5 Å². The average Bonchev–Trinajstić information content (AvgIpc) is 3.06. The molecular formula is C37H50N2O4. The van der Waals surface area contributed by atoms with Gasteiger partial charge in [-0.15, -0.1) is 0 Å². The number of carboxylic acids is 1. The normalized spacial score (nSPS) is 21.5. The standard InChI is InChI=1S/C37H50N2O4/c40-35(38(28-13-5-1-6-14-28)29-15-7-2-8-16-29)33-24-21-26-25-27(37(42)43)22-23-32(26)34(33)36(41)39(30-17-9-3-10-18-30)31-19-11-4-12-20-31/h21-25,28-31H,1-20H2,(H,42,43). The number of nitrogens with zero attached hydrogens (tertiary/aromatic N) is 2. The molecule has 0 radical (unpaired) electrons. The zero-order valence-corrected chi connectivity index (χ0v) is 25.9. The molecule has 2 amide bonds. The summed E-state index contributed by atoms with van der Waals surface area (Å²) in [6.45, 7) is 0. The predicted octanol–water partition coefficient (Wildman–Crippen LogP) is 8.75. The molecule has 6 nitrogen and oxygen atoms in total. The minimum atomic E-state index is -0.985. The summed E-state index contributed by atoms with van der Waals surface area (Å²) in [6.07, 6.45) is 22.3. The molecule has 232 valence electrons. The van der Waals surface area contributed by atoms with Crippen molar-refractivity contribution in [2.24, 2.45) is 0 Å². The van der Waals surface area contributed by atoms with E-state index < -0.39 is 5.97 Å². The van der Waals surface area contributed by atoms with Crippen molar-refractivity contribution in [1.29, 1.82) is 0 Å². The first-order valence-electron chi connectivity index (χ1n) is 17.5. The van der Waals surface area contributed by atoms with Crippen LogP contribution in [0.2, 0.25) is 0 Å². The third-order valence-electron chi connectivity index (χ3n) is 11.1. The van der Waals surface area contributed by atoms with E-state index in [0.717, 1.165) is 103 Å². The minimum absolute atomic E-state index is 0.0111. The highest BCUT2D eigenvalue weighted by molar-refractivity contribution is 6.16. The van der Waals surface area contributed by atoms with E-state index in [4.69, 9.17) is 0 Å². The van der Waals surface area contributed by atoms with Crippen molar-refractivity contribution in [2.75, 3.05) is 0 Å². The van der Waals surface area contributed by atoms with Gasteiger partial charge in [-0.1, -0.05) is 89.2 Å². The quantitative estimate of drug-likeness (QED) is 0.352. The Bertz CT molecular complexity index is 1260. The minimum Gasteiger partial charge on any atom is -0.478 e. The molecule has 4 aliphatic rings. The van der Waals surface area contributed by atoms with Crippen molar-refractivity contribution in [3.8, 4) is 0 Å². The first-order chi connectivity index (χ1) is 21.0. The van der Waals surface area contributed by atoms with Gasteiger partial charge in [0.25, 0.3) is 11.8 Å². The third kappa shape index (κ3) is 6.49. The molecule has 0 heterocycles. The molecule has 6 rings (SSSR count). The Morgan fingerprint density at radius 3 is 1.37 bits per heavy atom. The highest BCUT2D eigenvalue weighted by Crippen LogP contribution is 2.37. The second kappa shape index (κ2) is 13.8. The summed E-state index contributed by atoms with van der Waals surface area (Å²) in [7, 11) is 0. The molecule has 0 atom stereocenters. The maximum Gasteiger partial charge on any atom is 0.335 e. The zero-order valence-electron chi connectivity index (χ0n) is 25.9. The predicted molar refractivity (Wildman–Crippen MR) is 171 cm³/mol. The summed E-state index contributed by atoms with van der Waals surface area (Å²) in [4.78, 5) is 46.3. The lowest BCUT2D eigenvalue weighted by atomic mass is 9.86. The lowest BCUT2D eigenvalue weighted by Crippen LogP contribution is -2.51. The molecule has 1 N–H and O–H groups in total. The number of amides is 2. The lowest BCUT2D eigenvalue weighted by molar-refractivity contribution is 0.0410. The zero-order chi connectivity index (χ0) is 29.8. The first kappa shape index (κ1) is 30.1. The van der Waals surface area contributed by atoms with Gasteiger partial charge in [-0.05, 0) is 80.3 Å². The van der Waals surface area contributed by atoms with Gasteiger partial charge in [-0.3, -0.25) is 9.59 Å². The Hall–Kier alpha value is -2.89. The maximum atomic E-state index is 15.1. The van der Waals surface area contributed by atoms with E-state index in [2.05, 4.69) is 9.80 Å². The van der Waals surface area contributed by atoms with Crippen LogP contribution in [0.5, 0.6) is 0 Å². The second-order valence-corrected chi connectivity index (χ2v) is 13.8. The fourth-order valence-corrected chi connectivity index (χ4v) is 8.84. The topological polar surface area (TPSA) is 77.9 Å². The molecule has 0 saturated heterocycles. The van der Waals surface area contributed by atoms with Gasteiger partial charge in [0.1, 0.15) is 0 Å². The van der Waals surface area contributed by atoms with E-state index in [9.17, 15) is 14.7 Å². The van der Waals surface area contributed by atoms with Crippen LogP contribution in [-0.2, 0) is 0 Å². The maximum absolute atomic E-state index is 15.1. The van der Waals surface area contributed by atoms with Gasteiger partial charge >= 0.3 is 5.97 Å². The molecule has 4 saturated carbocycles. The van der Waals surface area contributed by atoms with Gasteiger partial charge in [0.05, 0.1) is 16.7 Å². The number of hydrogen-bond acceptors (Lipinski definition) is 3. The van der Waals surface area contributed by atoms with Gasteiger partial charge in [0.15, 0.2) is 0 Å².